The molecule has 0 fully saturated rings. The summed E-state index contributed by atoms with van der Waals surface area (Å²) < 4.78 is 7.60. The Labute approximate surface area is 199 Å². The average molecular weight is 481 g/mol. The fourth-order valence-electron chi connectivity index (χ4n) is 3.68. The maximum absolute atomic E-state index is 13.5. The Morgan fingerprint density at radius 1 is 1.18 bits per heavy atom. The van der Waals surface area contributed by atoms with Crippen LogP contribution >= 0.6 is 23.1 Å². The second kappa shape index (κ2) is 9.41. The van der Waals surface area contributed by atoms with Crippen molar-refractivity contribution in [3.8, 4) is 5.75 Å². The standard InChI is InChI=1S/C25H24N2O4S2/c1-14(2)31-24(30)21-15(3)26-25-27(22(21)17-7-11-19(32-4)12-8-17)23(29)20(33-25)13-16-5-9-18(28)10-6-16/h5-14,22,28H,1-4H3/b20-13+. The van der Waals surface area contributed by atoms with Gasteiger partial charge in [-0.3, -0.25) is 9.36 Å². The van der Waals surface area contributed by atoms with Crippen molar-refractivity contribution in [2.24, 2.45) is 4.99 Å². The van der Waals surface area contributed by atoms with Crippen molar-refractivity contribution < 1.29 is 14.6 Å². The number of aromatic hydroxyl groups is 1. The molecule has 0 saturated carbocycles. The molecule has 1 aromatic heterocycles. The number of phenolic OH excluding ortho intramolecular Hbond substituents is 1. The van der Waals surface area contributed by atoms with E-state index in [2.05, 4.69) is 4.99 Å². The highest BCUT2D eigenvalue weighted by molar-refractivity contribution is 7.98. The maximum atomic E-state index is 13.5. The molecule has 2 aromatic carbocycles. The number of hydrogen-bond acceptors (Lipinski definition) is 7. The monoisotopic (exact) mass is 480 g/mol. The number of benzene rings is 2. The molecule has 0 saturated heterocycles. The predicted molar refractivity (Wildman–Crippen MR) is 131 cm³/mol. The average Bonchev–Trinajstić information content (AvgIpc) is 3.08. The molecule has 3 aromatic rings. The van der Waals surface area contributed by atoms with Crippen LogP contribution < -0.4 is 14.9 Å². The number of allylic oxidation sites excluding steroid dienone is 1. The number of ether oxygens (including phenoxy) is 1. The predicted octanol–water partition coefficient (Wildman–Crippen LogP) is 3.61. The van der Waals surface area contributed by atoms with E-state index in [1.54, 1.807) is 67.4 Å². The molecule has 2 heterocycles. The van der Waals surface area contributed by atoms with Gasteiger partial charge in [0.15, 0.2) is 4.80 Å². The Hall–Kier alpha value is -3.10. The molecule has 0 aliphatic carbocycles. The summed E-state index contributed by atoms with van der Waals surface area (Å²) in [6.07, 6.45) is 3.47. The second-order valence-corrected chi connectivity index (χ2v) is 9.79. The van der Waals surface area contributed by atoms with E-state index in [1.165, 1.54) is 11.3 Å². The van der Waals surface area contributed by atoms with Gasteiger partial charge in [-0.05, 0) is 68.5 Å². The molecule has 0 bridgehead atoms. The van der Waals surface area contributed by atoms with Crippen molar-refractivity contribution in [1.82, 2.24) is 4.57 Å². The molecule has 0 amide bonds. The first-order valence-electron chi connectivity index (χ1n) is 10.4. The van der Waals surface area contributed by atoms with E-state index in [0.29, 0.717) is 20.6 Å². The Morgan fingerprint density at radius 2 is 1.85 bits per heavy atom. The molecule has 1 atom stereocenters. The number of fused-ring (bicyclic) bond motifs is 1. The van der Waals surface area contributed by atoms with Gasteiger partial charge in [0.25, 0.3) is 5.56 Å². The molecule has 1 aliphatic rings. The van der Waals surface area contributed by atoms with Gasteiger partial charge in [-0.25, -0.2) is 9.79 Å². The molecular weight excluding hydrogens is 456 g/mol. The minimum Gasteiger partial charge on any atom is -0.508 e. The summed E-state index contributed by atoms with van der Waals surface area (Å²) >= 11 is 2.90. The lowest BCUT2D eigenvalue weighted by Crippen LogP contribution is -2.40. The SMILES string of the molecule is CSc1ccc(C2C(C(=O)OC(C)C)=C(C)N=c3s/c(=C/c4ccc(O)cc4)c(=O)n32)cc1. The number of aromatic nitrogens is 1. The van der Waals surface area contributed by atoms with E-state index < -0.39 is 12.0 Å². The zero-order valence-corrected chi connectivity index (χ0v) is 20.4. The first-order valence-corrected chi connectivity index (χ1v) is 12.5. The Kier molecular flexibility index (Phi) is 6.58. The van der Waals surface area contributed by atoms with Gasteiger partial charge in [-0.2, -0.15) is 0 Å². The molecular formula is C25H24N2O4S2. The van der Waals surface area contributed by atoms with Crippen molar-refractivity contribution in [3.63, 3.8) is 0 Å². The maximum Gasteiger partial charge on any atom is 0.338 e. The van der Waals surface area contributed by atoms with Gasteiger partial charge in [0.05, 0.1) is 27.9 Å². The van der Waals surface area contributed by atoms with Crippen LogP contribution in [0.4, 0.5) is 0 Å². The topological polar surface area (TPSA) is 80.9 Å². The molecule has 1 unspecified atom stereocenters. The number of thiazole rings is 1. The molecule has 4 rings (SSSR count). The van der Waals surface area contributed by atoms with Gasteiger partial charge in [0.2, 0.25) is 0 Å². The lowest BCUT2D eigenvalue weighted by atomic mass is 9.96. The molecule has 6 nitrogen and oxygen atoms in total. The quantitative estimate of drug-likeness (QED) is 0.446. The summed E-state index contributed by atoms with van der Waals surface area (Å²) in [6.45, 7) is 5.36. The Balaban J connectivity index is 1.92. The highest BCUT2D eigenvalue weighted by Gasteiger charge is 2.33. The number of carbonyl (C=O) groups is 1. The molecule has 1 aliphatic heterocycles. The van der Waals surface area contributed by atoms with Crippen molar-refractivity contribution in [1.29, 1.82) is 0 Å². The van der Waals surface area contributed by atoms with Crippen LogP contribution in [-0.4, -0.2) is 28.0 Å². The molecule has 0 spiro atoms. The summed E-state index contributed by atoms with van der Waals surface area (Å²) in [4.78, 5) is 32.8. The van der Waals surface area contributed by atoms with Crippen molar-refractivity contribution in [2.45, 2.75) is 37.8 Å². The van der Waals surface area contributed by atoms with E-state index in [1.807, 2.05) is 30.5 Å². The van der Waals surface area contributed by atoms with Crippen LogP contribution in [0.5, 0.6) is 5.75 Å². The second-order valence-electron chi connectivity index (χ2n) is 7.90. The molecule has 8 heteroatoms. The van der Waals surface area contributed by atoms with E-state index in [4.69, 9.17) is 4.74 Å². The summed E-state index contributed by atoms with van der Waals surface area (Å²) in [5.74, 6) is -0.316. The zero-order chi connectivity index (χ0) is 23.7. The van der Waals surface area contributed by atoms with Crippen LogP contribution in [0, 0.1) is 0 Å². The van der Waals surface area contributed by atoms with Crippen molar-refractivity contribution >= 4 is 35.1 Å². The molecule has 0 radical (unpaired) electrons. The highest BCUT2D eigenvalue weighted by atomic mass is 32.2. The lowest BCUT2D eigenvalue weighted by molar-refractivity contribution is -0.143. The lowest BCUT2D eigenvalue weighted by Gasteiger charge is -2.25. The van der Waals surface area contributed by atoms with Crippen LogP contribution in [0.25, 0.3) is 6.08 Å². The van der Waals surface area contributed by atoms with Gasteiger partial charge in [0.1, 0.15) is 5.75 Å². The third kappa shape index (κ3) is 4.67. The third-order valence-electron chi connectivity index (χ3n) is 5.21. The van der Waals surface area contributed by atoms with Gasteiger partial charge >= 0.3 is 5.97 Å². The van der Waals surface area contributed by atoms with Crippen LogP contribution in [0.1, 0.15) is 37.9 Å². The summed E-state index contributed by atoms with van der Waals surface area (Å²) in [5.41, 5.74) is 2.28. The number of carbonyl (C=O) groups excluding carboxylic acids is 1. The van der Waals surface area contributed by atoms with Crippen molar-refractivity contribution in [3.05, 3.63) is 90.6 Å². The van der Waals surface area contributed by atoms with Crippen LogP contribution in [0.15, 0.2) is 74.5 Å². The van der Waals surface area contributed by atoms with Crippen LogP contribution in [-0.2, 0) is 9.53 Å². The zero-order valence-electron chi connectivity index (χ0n) is 18.7. The number of thioether (sulfide) groups is 1. The summed E-state index contributed by atoms with van der Waals surface area (Å²) in [6, 6.07) is 13.8. The first-order chi connectivity index (χ1) is 15.8. The number of esters is 1. The molecule has 1 N–H and O–H groups in total. The van der Waals surface area contributed by atoms with E-state index in [-0.39, 0.29) is 17.4 Å². The van der Waals surface area contributed by atoms with E-state index in [9.17, 15) is 14.7 Å². The number of nitrogens with zero attached hydrogens (tertiary/aromatic N) is 2. The number of rotatable bonds is 5. The van der Waals surface area contributed by atoms with E-state index in [0.717, 1.165) is 16.0 Å². The fourth-order valence-corrected chi connectivity index (χ4v) is 5.14. The normalized spacial score (nSPS) is 16.0. The highest BCUT2D eigenvalue weighted by Crippen LogP contribution is 2.32. The minimum absolute atomic E-state index is 0.159. The molecule has 33 heavy (non-hydrogen) atoms. The smallest absolute Gasteiger partial charge is 0.338 e. The summed E-state index contributed by atoms with van der Waals surface area (Å²) in [5, 5.41) is 9.54. The largest absolute Gasteiger partial charge is 0.508 e. The fraction of sp³-hybridized carbons (Fsp3) is 0.240. The number of phenols is 1. The van der Waals surface area contributed by atoms with Crippen LogP contribution in [0.3, 0.4) is 0 Å². The minimum atomic E-state index is -0.634. The molecule has 170 valence electrons. The number of hydrogen-bond donors (Lipinski definition) is 1. The van der Waals surface area contributed by atoms with Gasteiger partial charge in [-0.15, -0.1) is 11.8 Å². The Bertz CT molecular complexity index is 1400. The van der Waals surface area contributed by atoms with Crippen molar-refractivity contribution in [2.75, 3.05) is 6.26 Å². The first kappa shape index (κ1) is 23.1. The van der Waals surface area contributed by atoms with E-state index >= 15 is 0 Å². The van der Waals surface area contributed by atoms with Crippen LogP contribution in [0.2, 0.25) is 0 Å². The van der Waals surface area contributed by atoms with Gasteiger partial charge in [0, 0.05) is 4.90 Å². The van der Waals surface area contributed by atoms with Gasteiger partial charge < -0.3 is 9.84 Å². The Morgan fingerprint density at radius 3 is 2.45 bits per heavy atom. The third-order valence-corrected chi connectivity index (χ3v) is 6.93. The van der Waals surface area contributed by atoms with Gasteiger partial charge in [-0.1, -0.05) is 35.6 Å². The summed E-state index contributed by atoms with van der Waals surface area (Å²) in [7, 11) is 0.